The number of hydrogen-bond acceptors (Lipinski definition) is 3. The van der Waals surface area contributed by atoms with Crippen LogP contribution in [0.3, 0.4) is 0 Å². The zero-order valence-electron chi connectivity index (χ0n) is 14.1. The van der Waals surface area contributed by atoms with Gasteiger partial charge in [-0.1, -0.05) is 0 Å². The van der Waals surface area contributed by atoms with Crippen molar-refractivity contribution in [3.63, 3.8) is 0 Å². The molecule has 1 aromatic rings. The van der Waals surface area contributed by atoms with Crippen LogP contribution in [-0.2, 0) is 4.74 Å². The maximum atomic E-state index is 12.2. The van der Waals surface area contributed by atoms with Crippen molar-refractivity contribution in [2.75, 3.05) is 26.3 Å². The van der Waals surface area contributed by atoms with Gasteiger partial charge in [0, 0.05) is 5.92 Å². The van der Waals surface area contributed by atoms with E-state index in [2.05, 4.69) is 0 Å². The summed E-state index contributed by atoms with van der Waals surface area (Å²) in [6, 6.07) is 7.92. The lowest BCUT2D eigenvalue weighted by Crippen LogP contribution is -3.18. The van der Waals surface area contributed by atoms with E-state index in [1.54, 1.807) is 17.0 Å². The molecular formula is C19H28NO3+. The molecule has 2 fully saturated rings. The quantitative estimate of drug-likeness (QED) is 0.845. The largest absolute Gasteiger partial charge is 0.494 e. The first-order chi connectivity index (χ1) is 11.3. The van der Waals surface area contributed by atoms with Crippen LogP contribution < -0.4 is 9.64 Å². The fourth-order valence-corrected chi connectivity index (χ4v) is 4.10. The van der Waals surface area contributed by atoms with Crippen molar-refractivity contribution in [1.82, 2.24) is 0 Å². The van der Waals surface area contributed by atoms with Crippen LogP contribution in [0.4, 0.5) is 0 Å². The van der Waals surface area contributed by atoms with E-state index in [4.69, 9.17) is 9.47 Å². The standard InChI is InChI=1S/C19H27NO3/c1-2-22-17-10-8-15(9-11-17)19(21)23-14-16-6-5-13-20-12-4-3-7-18(16)20/h8-11,16,18H,2-7,12-14H2,1H3/p+1/t16-,18-/m1/s1. The smallest absolute Gasteiger partial charge is 0.338 e. The number of benzene rings is 1. The minimum absolute atomic E-state index is 0.212. The molecule has 23 heavy (non-hydrogen) atoms. The Balaban J connectivity index is 1.53. The second-order valence-electron chi connectivity index (χ2n) is 6.72. The monoisotopic (exact) mass is 318 g/mol. The third kappa shape index (κ3) is 4.05. The second kappa shape index (κ2) is 7.82. The lowest BCUT2D eigenvalue weighted by molar-refractivity contribution is -0.940. The van der Waals surface area contributed by atoms with Gasteiger partial charge in [-0.25, -0.2) is 4.79 Å². The number of hydrogen-bond donors (Lipinski definition) is 1. The molecule has 4 nitrogen and oxygen atoms in total. The molecule has 1 aromatic carbocycles. The van der Waals surface area contributed by atoms with Crippen molar-refractivity contribution in [3.05, 3.63) is 29.8 Å². The topological polar surface area (TPSA) is 40.0 Å². The first kappa shape index (κ1) is 16.3. The molecule has 3 rings (SSSR count). The molecule has 126 valence electrons. The Hall–Kier alpha value is -1.55. The zero-order valence-corrected chi connectivity index (χ0v) is 14.1. The van der Waals surface area contributed by atoms with Gasteiger partial charge < -0.3 is 14.4 Å². The summed E-state index contributed by atoms with van der Waals surface area (Å²) in [5.74, 6) is 1.11. The van der Waals surface area contributed by atoms with E-state index in [0.717, 1.165) is 5.75 Å². The van der Waals surface area contributed by atoms with Gasteiger partial charge in [0.1, 0.15) is 12.4 Å². The van der Waals surface area contributed by atoms with Crippen molar-refractivity contribution < 1.29 is 19.2 Å². The molecule has 2 aliphatic heterocycles. The molecule has 2 saturated heterocycles. The lowest BCUT2D eigenvalue weighted by Gasteiger charge is -2.40. The molecular weight excluding hydrogens is 290 g/mol. The fourth-order valence-electron chi connectivity index (χ4n) is 4.10. The predicted octanol–water partition coefficient (Wildman–Crippen LogP) is 2.09. The summed E-state index contributed by atoms with van der Waals surface area (Å²) in [6.07, 6.45) is 6.43. The summed E-state index contributed by atoms with van der Waals surface area (Å²) in [5.41, 5.74) is 0.608. The van der Waals surface area contributed by atoms with Gasteiger partial charge in [0.15, 0.2) is 0 Å². The number of carbonyl (C=O) groups excluding carboxylic acids is 1. The average molecular weight is 318 g/mol. The van der Waals surface area contributed by atoms with Gasteiger partial charge >= 0.3 is 5.97 Å². The minimum atomic E-state index is -0.212. The fraction of sp³-hybridized carbons (Fsp3) is 0.632. The maximum Gasteiger partial charge on any atom is 0.338 e. The van der Waals surface area contributed by atoms with Crippen LogP contribution in [0.5, 0.6) is 5.75 Å². The molecule has 0 spiro atoms. The van der Waals surface area contributed by atoms with E-state index in [1.807, 2.05) is 19.1 Å². The Morgan fingerprint density at radius 2 is 1.91 bits per heavy atom. The first-order valence-electron chi connectivity index (χ1n) is 9.02. The highest BCUT2D eigenvalue weighted by Crippen LogP contribution is 2.21. The molecule has 0 aromatic heterocycles. The molecule has 0 aliphatic carbocycles. The molecule has 0 saturated carbocycles. The van der Waals surface area contributed by atoms with Gasteiger partial charge in [0.05, 0.1) is 31.3 Å². The maximum absolute atomic E-state index is 12.2. The summed E-state index contributed by atoms with van der Waals surface area (Å²) in [4.78, 5) is 14.0. The average Bonchev–Trinajstić information content (AvgIpc) is 2.60. The van der Waals surface area contributed by atoms with Gasteiger partial charge in [-0.2, -0.15) is 0 Å². The van der Waals surface area contributed by atoms with Gasteiger partial charge in [-0.3, -0.25) is 0 Å². The van der Waals surface area contributed by atoms with Crippen LogP contribution in [0.15, 0.2) is 24.3 Å². The lowest BCUT2D eigenvalue weighted by atomic mass is 9.84. The highest BCUT2D eigenvalue weighted by atomic mass is 16.5. The van der Waals surface area contributed by atoms with Gasteiger partial charge in [0.25, 0.3) is 0 Å². The third-order valence-electron chi connectivity index (χ3n) is 5.26. The number of carbonyl (C=O) groups is 1. The van der Waals surface area contributed by atoms with Gasteiger partial charge in [0.2, 0.25) is 0 Å². The molecule has 0 radical (unpaired) electrons. The Kier molecular flexibility index (Phi) is 5.55. The molecule has 3 atom stereocenters. The van der Waals surface area contributed by atoms with Crippen LogP contribution in [0.25, 0.3) is 0 Å². The normalized spacial score (nSPS) is 27.1. The first-order valence-corrected chi connectivity index (χ1v) is 9.02. The second-order valence-corrected chi connectivity index (χ2v) is 6.72. The molecule has 1 unspecified atom stereocenters. The van der Waals surface area contributed by atoms with Crippen molar-refractivity contribution in [2.45, 2.75) is 45.1 Å². The van der Waals surface area contributed by atoms with Crippen LogP contribution >= 0.6 is 0 Å². The molecule has 1 N–H and O–H groups in total. The van der Waals surface area contributed by atoms with E-state index in [-0.39, 0.29) is 5.97 Å². The summed E-state index contributed by atoms with van der Waals surface area (Å²) in [7, 11) is 0. The van der Waals surface area contributed by atoms with E-state index in [0.29, 0.717) is 30.7 Å². The summed E-state index contributed by atoms with van der Waals surface area (Å²) < 4.78 is 11.0. The summed E-state index contributed by atoms with van der Waals surface area (Å²) in [6.45, 7) is 5.75. The molecule has 2 aliphatic rings. The van der Waals surface area contributed by atoms with Crippen molar-refractivity contribution in [2.24, 2.45) is 5.92 Å². The van der Waals surface area contributed by atoms with Crippen LogP contribution in [0, 0.1) is 5.92 Å². The molecule has 2 heterocycles. The van der Waals surface area contributed by atoms with Gasteiger partial charge in [-0.05, 0) is 63.3 Å². The Labute approximate surface area is 138 Å². The SMILES string of the molecule is CCOc1ccc(C(=O)OC[C@H]2CCC[NH+]3CCCC[C@H]23)cc1. The van der Waals surface area contributed by atoms with Crippen molar-refractivity contribution in [1.29, 1.82) is 0 Å². The Morgan fingerprint density at radius 3 is 2.70 bits per heavy atom. The zero-order chi connectivity index (χ0) is 16.1. The van der Waals surface area contributed by atoms with E-state index in [1.165, 1.54) is 45.2 Å². The predicted molar refractivity (Wildman–Crippen MR) is 89.0 cm³/mol. The number of esters is 1. The Bertz CT molecular complexity index is 512. The number of piperidine rings is 2. The van der Waals surface area contributed by atoms with E-state index < -0.39 is 0 Å². The van der Waals surface area contributed by atoms with Crippen LogP contribution in [0.2, 0.25) is 0 Å². The van der Waals surface area contributed by atoms with E-state index in [9.17, 15) is 4.79 Å². The van der Waals surface area contributed by atoms with E-state index >= 15 is 0 Å². The molecule has 0 amide bonds. The number of fused-ring (bicyclic) bond motifs is 1. The van der Waals surface area contributed by atoms with Crippen molar-refractivity contribution in [3.8, 4) is 5.75 Å². The number of rotatable bonds is 5. The van der Waals surface area contributed by atoms with Gasteiger partial charge in [-0.15, -0.1) is 0 Å². The highest BCUT2D eigenvalue weighted by molar-refractivity contribution is 5.89. The highest BCUT2D eigenvalue weighted by Gasteiger charge is 2.37. The number of quaternary nitrogens is 1. The van der Waals surface area contributed by atoms with Crippen LogP contribution in [-0.4, -0.2) is 38.3 Å². The third-order valence-corrected chi connectivity index (χ3v) is 5.26. The van der Waals surface area contributed by atoms with Crippen LogP contribution in [0.1, 0.15) is 49.4 Å². The number of ether oxygens (including phenoxy) is 2. The molecule has 4 heteroatoms. The summed E-state index contributed by atoms with van der Waals surface area (Å²) in [5, 5.41) is 0. The summed E-state index contributed by atoms with van der Waals surface area (Å²) >= 11 is 0. The Morgan fingerprint density at radius 1 is 1.13 bits per heavy atom. The number of nitrogens with one attached hydrogen (secondary N) is 1. The van der Waals surface area contributed by atoms with Crippen molar-refractivity contribution >= 4 is 5.97 Å². The molecule has 0 bridgehead atoms. The minimum Gasteiger partial charge on any atom is -0.494 e.